The van der Waals surface area contributed by atoms with Crippen LogP contribution in [0.15, 0.2) is 24.8 Å². The van der Waals surface area contributed by atoms with E-state index in [0.717, 1.165) is 0 Å². The van der Waals surface area contributed by atoms with Gasteiger partial charge in [0.2, 0.25) is 0 Å². The second-order valence-corrected chi connectivity index (χ2v) is 4.04. The lowest BCUT2D eigenvalue weighted by molar-refractivity contribution is 0.858. The van der Waals surface area contributed by atoms with Crippen molar-refractivity contribution in [3.05, 3.63) is 35.9 Å². The Balaban J connectivity index is 3.35. The number of nitrogens with zero attached hydrogens (tertiary/aromatic N) is 1. The molecule has 0 aromatic heterocycles. The largest absolute Gasteiger partial charge is 0.377 e. The van der Waals surface area contributed by atoms with Crippen molar-refractivity contribution in [1.82, 2.24) is 0 Å². The van der Waals surface area contributed by atoms with Crippen LogP contribution in [-0.2, 0) is 0 Å². The van der Waals surface area contributed by atoms with Crippen LogP contribution >= 0.6 is 0 Å². The van der Waals surface area contributed by atoms with Gasteiger partial charge in [-0.15, -0.1) is 0 Å². The topological polar surface area (TPSA) is 3.24 Å². The van der Waals surface area contributed by atoms with Crippen molar-refractivity contribution in [2.45, 2.75) is 19.8 Å². The first-order chi connectivity index (χ1) is 6.57. The average molecular weight is 189 g/mol. The fourth-order valence-electron chi connectivity index (χ4n) is 1.73. The van der Waals surface area contributed by atoms with Gasteiger partial charge in [0.25, 0.3) is 0 Å². The first-order valence-electron chi connectivity index (χ1n) is 5.00. The zero-order valence-electron chi connectivity index (χ0n) is 9.54. The molecule has 0 bridgehead atoms. The summed E-state index contributed by atoms with van der Waals surface area (Å²) in [6.07, 6.45) is 1.92. The van der Waals surface area contributed by atoms with Crippen LogP contribution in [0.25, 0.3) is 6.08 Å². The molecule has 0 spiro atoms. The highest BCUT2D eigenvalue weighted by Crippen LogP contribution is 2.30. The molecule has 76 valence electrons. The molecule has 1 nitrogen and oxygen atoms in total. The van der Waals surface area contributed by atoms with Gasteiger partial charge in [0.1, 0.15) is 0 Å². The van der Waals surface area contributed by atoms with Crippen LogP contribution in [0.4, 0.5) is 5.69 Å². The van der Waals surface area contributed by atoms with Gasteiger partial charge < -0.3 is 4.90 Å². The molecule has 1 aromatic carbocycles. The maximum absolute atomic E-state index is 3.85. The highest BCUT2D eigenvalue weighted by Gasteiger charge is 2.10. The molecule has 0 aliphatic rings. The van der Waals surface area contributed by atoms with Crippen molar-refractivity contribution < 1.29 is 0 Å². The Morgan fingerprint density at radius 1 is 1.29 bits per heavy atom. The molecule has 0 N–H and O–H groups in total. The summed E-state index contributed by atoms with van der Waals surface area (Å²) < 4.78 is 0. The standard InChI is InChI=1S/C13H19N/c1-6-11-8-7-9-12(10(2)3)13(11)14(4)5/h6-10H,1H2,2-5H3. The Hall–Kier alpha value is -1.24. The fraction of sp³-hybridized carbons (Fsp3) is 0.385. The number of rotatable bonds is 3. The van der Waals surface area contributed by atoms with Crippen LogP contribution in [0.3, 0.4) is 0 Å². The Kier molecular flexibility index (Phi) is 3.34. The van der Waals surface area contributed by atoms with Gasteiger partial charge in [0.05, 0.1) is 0 Å². The van der Waals surface area contributed by atoms with Crippen LogP contribution < -0.4 is 4.90 Å². The summed E-state index contributed by atoms with van der Waals surface area (Å²) in [5.74, 6) is 0.548. The van der Waals surface area contributed by atoms with Gasteiger partial charge in [-0.2, -0.15) is 0 Å². The number of hydrogen-bond donors (Lipinski definition) is 0. The van der Waals surface area contributed by atoms with E-state index in [1.807, 2.05) is 6.08 Å². The molecule has 0 radical (unpaired) electrons. The van der Waals surface area contributed by atoms with Gasteiger partial charge in [-0.05, 0) is 17.0 Å². The zero-order valence-corrected chi connectivity index (χ0v) is 9.54. The van der Waals surface area contributed by atoms with Gasteiger partial charge in [-0.25, -0.2) is 0 Å². The second kappa shape index (κ2) is 4.32. The number of para-hydroxylation sites is 1. The van der Waals surface area contributed by atoms with E-state index in [-0.39, 0.29) is 0 Å². The summed E-state index contributed by atoms with van der Waals surface area (Å²) in [4.78, 5) is 2.16. The molecule has 0 heterocycles. The van der Waals surface area contributed by atoms with Gasteiger partial charge in [0, 0.05) is 19.8 Å². The predicted octanol–water partition coefficient (Wildman–Crippen LogP) is 3.52. The van der Waals surface area contributed by atoms with Gasteiger partial charge >= 0.3 is 0 Å². The van der Waals surface area contributed by atoms with Gasteiger partial charge in [-0.1, -0.05) is 44.7 Å². The Morgan fingerprint density at radius 2 is 1.93 bits per heavy atom. The Labute approximate surface area is 87.1 Å². The van der Waals surface area contributed by atoms with Crippen molar-refractivity contribution in [3.63, 3.8) is 0 Å². The number of benzene rings is 1. The maximum Gasteiger partial charge on any atom is 0.0469 e. The summed E-state index contributed by atoms with van der Waals surface area (Å²) in [5, 5.41) is 0. The van der Waals surface area contributed by atoms with E-state index >= 15 is 0 Å². The minimum Gasteiger partial charge on any atom is -0.377 e. The molecule has 0 saturated heterocycles. The molecule has 0 saturated carbocycles. The van der Waals surface area contributed by atoms with Crippen LogP contribution in [0.5, 0.6) is 0 Å². The molecule has 0 amide bonds. The minimum absolute atomic E-state index is 0.548. The van der Waals surface area contributed by atoms with Crippen LogP contribution in [-0.4, -0.2) is 14.1 Å². The summed E-state index contributed by atoms with van der Waals surface area (Å²) in [5.41, 5.74) is 3.88. The van der Waals surface area contributed by atoms with E-state index in [4.69, 9.17) is 0 Å². The lowest BCUT2D eigenvalue weighted by Gasteiger charge is -2.22. The van der Waals surface area contributed by atoms with E-state index in [2.05, 4.69) is 57.6 Å². The normalized spacial score (nSPS) is 10.4. The van der Waals surface area contributed by atoms with E-state index in [0.29, 0.717) is 5.92 Å². The van der Waals surface area contributed by atoms with Gasteiger partial charge in [-0.3, -0.25) is 0 Å². The minimum atomic E-state index is 0.548. The van der Waals surface area contributed by atoms with Gasteiger partial charge in [0.15, 0.2) is 0 Å². The molecule has 0 unspecified atom stereocenters. The van der Waals surface area contributed by atoms with Crippen molar-refractivity contribution in [2.75, 3.05) is 19.0 Å². The smallest absolute Gasteiger partial charge is 0.0469 e. The maximum atomic E-state index is 3.85. The molecule has 0 fully saturated rings. The zero-order chi connectivity index (χ0) is 10.7. The number of hydrogen-bond acceptors (Lipinski definition) is 1. The molecular weight excluding hydrogens is 170 g/mol. The van der Waals surface area contributed by atoms with E-state index in [1.165, 1.54) is 16.8 Å². The molecule has 1 rings (SSSR count). The second-order valence-electron chi connectivity index (χ2n) is 4.04. The first-order valence-corrected chi connectivity index (χ1v) is 5.00. The molecular formula is C13H19N. The van der Waals surface area contributed by atoms with Crippen LogP contribution in [0, 0.1) is 0 Å². The molecule has 0 atom stereocenters. The lowest BCUT2D eigenvalue weighted by atomic mass is 9.97. The summed E-state index contributed by atoms with van der Waals surface area (Å²) in [6, 6.07) is 6.39. The summed E-state index contributed by atoms with van der Waals surface area (Å²) >= 11 is 0. The SMILES string of the molecule is C=Cc1cccc(C(C)C)c1N(C)C. The molecule has 0 aliphatic carbocycles. The van der Waals surface area contributed by atoms with Crippen molar-refractivity contribution in [1.29, 1.82) is 0 Å². The lowest BCUT2D eigenvalue weighted by Crippen LogP contribution is -2.13. The Bertz CT molecular complexity index is 324. The molecule has 14 heavy (non-hydrogen) atoms. The third kappa shape index (κ3) is 1.98. The first kappa shape index (κ1) is 10.8. The third-order valence-electron chi connectivity index (χ3n) is 2.39. The van der Waals surface area contributed by atoms with Crippen molar-refractivity contribution in [2.24, 2.45) is 0 Å². The average Bonchev–Trinajstić information content (AvgIpc) is 2.16. The summed E-state index contributed by atoms with van der Waals surface area (Å²) in [6.45, 7) is 8.28. The van der Waals surface area contributed by atoms with Crippen LogP contribution in [0.1, 0.15) is 30.9 Å². The third-order valence-corrected chi connectivity index (χ3v) is 2.39. The monoisotopic (exact) mass is 189 g/mol. The molecule has 1 aromatic rings. The Morgan fingerprint density at radius 3 is 2.36 bits per heavy atom. The predicted molar refractivity (Wildman–Crippen MR) is 64.9 cm³/mol. The highest BCUT2D eigenvalue weighted by molar-refractivity contribution is 5.70. The fourth-order valence-corrected chi connectivity index (χ4v) is 1.73. The van der Waals surface area contributed by atoms with Crippen LogP contribution in [0.2, 0.25) is 0 Å². The molecule has 1 heteroatoms. The van der Waals surface area contributed by atoms with E-state index < -0.39 is 0 Å². The van der Waals surface area contributed by atoms with Crippen molar-refractivity contribution in [3.8, 4) is 0 Å². The quantitative estimate of drug-likeness (QED) is 0.703. The summed E-state index contributed by atoms with van der Waals surface area (Å²) in [7, 11) is 4.16. The van der Waals surface area contributed by atoms with E-state index in [9.17, 15) is 0 Å². The highest BCUT2D eigenvalue weighted by atomic mass is 15.1. The number of anilines is 1. The van der Waals surface area contributed by atoms with Crippen molar-refractivity contribution >= 4 is 11.8 Å². The van der Waals surface area contributed by atoms with E-state index in [1.54, 1.807) is 0 Å². The molecule has 0 aliphatic heterocycles.